The van der Waals surface area contributed by atoms with Crippen molar-refractivity contribution in [3.05, 3.63) is 23.8 Å². The van der Waals surface area contributed by atoms with Crippen molar-refractivity contribution in [1.29, 1.82) is 0 Å². The predicted molar refractivity (Wildman–Crippen MR) is 53.7 cm³/mol. The third-order valence-corrected chi connectivity index (χ3v) is 1.40. The molecule has 1 rings (SSSR count). The summed E-state index contributed by atoms with van der Waals surface area (Å²) in [5.74, 6) is 0. The van der Waals surface area contributed by atoms with Crippen LogP contribution in [0.3, 0.4) is 0 Å². The van der Waals surface area contributed by atoms with Crippen LogP contribution in [0, 0.1) is 0 Å². The fourth-order valence-corrected chi connectivity index (χ4v) is 0.810. The summed E-state index contributed by atoms with van der Waals surface area (Å²) in [6, 6.07) is 4.59. The standard InChI is InChI=1S/C8H7N2O2.CH4O.Fm/c9-7-2-1-6(4-11)3-8(7)10-5-12;1-2;/h1-4H,9H2,(H,10,12);2H,1H3;/q-1;;. The molecular formula is C9H11FmN2O3-. The van der Waals surface area contributed by atoms with Crippen LogP contribution >= 0.6 is 0 Å². The van der Waals surface area contributed by atoms with E-state index in [0.717, 1.165) is 7.11 Å². The average molecular weight is 452 g/mol. The largest absolute Gasteiger partial charge is 0.489 e. The molecule has 5 nitrogen and oxygen atoms in total. The molecule has 88 valence electrons. The molecule has 1 amide bonds. The topological polar surface area (TPSA) is 92.4 Å². The number of aliphatic hydroxyl groups excluding tert-OH is 1. The minimum Gasteiger partial charge on any atom is -0.489 e. The van der Waals surface area contributed by atoms with E-state index in [-0.39, 0.29) is 0 Å². The first-order chi connectivity index (χ1) is 6.77. The van der Waals surface area contributed by atoms with Crippen LogP contribution in [-0.4, -0.2) is 24.9 Å². The summed E-state index contributed by atoms with van der Waals surface area (Å²) < 4.78 is 0. The number of nitrogens with two attached hydrogens (primary N) is 1. The molecule has 0 spiro atoms. The van der Waals surface area contributed by atoms with Crippen LogP contribution in [0.1, 0.15) is 10.4 Å². The van der Waals surface area contributed by atoms with Gasteiger partial charge in [-0.15, -0.1) is 6.07 Å². The third kappa shape index (κ3) is 4.05. The van der Waals surface area contributed by atoms with Gasteiger partial charge in [-0.2, -0.15) is 0 Å². The van der Waals surface area contributed by atoms with Gasteiger partial charge in [-0.1, -0.05) is 17.8 Å². The first-order valence-corrected chi connectivity index (χ1v) is 3.70. The smallest absolute Gasteiger partial charge is 0.148 e. The molecular weight excluding hydrogens is 441 g/mol. The van der Waals surface area contributed by atoms with Gasteiger partial charge in [0.05, 0.1) is 6.41 Å². The van der Waals surface area contributed by atoms with Gasteiger partial charge in [0.15, 0.2) is 0 Å². The van der Waals surface area contributed by atoms with Crippen LogP contribution in [0.5, 0.6) is 0 Å². The Morgan fingerprint density at radius 2 is 2.07 bits per heavy atom. The van der Waals surface area contributed by atoms with E-state index in [4.69, 9.17) is 10.8 Å². The van der Waals surface area contributed by atoms with Gasteiger partial charge in [0.25, 0.3) is 0 Å². The van der Waals surface area contributed by atoms with Crippen LogP contribution in [-0.2, 0) is 4.79 Å². The van der Waals surface area contributed by atoms with Crippen molar-refractivity contribution >= 4 is 24.1 Å². The van der Waals surface area contributed by atoms with Gasteiger partial charge in [0.1, 0.15) is 6.29 Å². The Morgan fingerprint density at radius 1 is 1.47 bits per heavy atom. The van der Waals surface area contributed by atoms with E-state index in [2.05, 4.69) is 5.32 Å². The summed E-state index contributed by atoms with van der Waals surface area (Å²) in [5.41, 5.74) is 6.74. The van der Waals surface area contributed by atoms with E-state index in [1.54, 1.807) is 12.1 Å². The Hall–Kier alpha value is -2.88. The Kier molecular flexibility index (Phi) is 7.56. The number of nitrogens with one attached hydrogen (secondary N) is 1. The van der Waals surface area contributed by atoms with Crippen molar-refractivity contribution in [2.24, 2.45) is 0 Å². The number of carbonyl (C=O) groups is 1. The zero-order valence-corrected chi connectivity index (χ0v) is 10.3. The van der Waals surface area contributed by atoms with E-state index >= 15 is 0 Å². The van der Waals surface area contributed by atoms with Crippen molar-refractivity contribution in [2.45, 2.75) is 0 Å². The second kappa shape index (κ2) is 7.75. The Balaban J connectivity index is 0. The van der Waals surface area contributed by atoms with Crippen LogP contribution in [0.15, 0.2) is 18.2 Å². The number of aldehydes is 1. The fourth-order valence-electron chi connectivity index (χ4n) is 0.810. The molecule has 0 aliphatic carbocycles. The van der Waals surface area contributed by atoms with Crippen molar-refractivity contribution in [3.8, 4) is 0 Å². The van der Waals surface area contributed by atoms with E-state index in [1.165, 1.54) is 12.5 Å². The Morgan fingerprint density at radius 3 is 2.53 bits per heavy atom. The molecule has 1 aromatic carbocycles. The third-order valence-electron chi connectivity index (χ3n) is 1.40. The quantitative estimate of drug-likeness (QED) is 0.264. The number of carbonyl (C=O) groups excluding carboxylic acids is 2. The SMILES string of the molecule is CO.Nc1ccc(C=O)cc1N[C-]=O.[Fm]. The maximum Gasteiger partial charge on any atom is 0.148 e. The Labute approximate surface area is 81.5 Å². The molecule has 0 saturated heterocycles. The van der Waals surface area contributed by atoms with Gasteiger partial charge in [0.2, 0.25) is 0 Å². The second-order valence-electron chi connectivity index (χ2n) is 2.19. The van der Waals surface area contributed by atoms with E-state index in [1.807, 2.05) is 0 Å². The number of nitrogen functional groups attached to an aromatic ring is 1. The molecule has 0 radical (unpaired) electrons. The van der Waals surface area contributed by atoms with Gasteiger partial charge >= 0.3 is 0 Å². The van der Waals surface area contributed by atoms with Gasteiger partial charge in [-0.3, -0.25) is 4.79 Å². The molecule has 0 aromatic heterocycles. The molecule has 0 unspecified atom stereocenters. The molecule has 4 N–H and O–H groups in total. The monoisotopic (exact) mass is 452 g/mol. The van der Waals surface area contributed by atoms with E-state index in [9.17, 15) is 9.59 Å². The van der Waals surface area contributed by atoms with Crippen LogP contribution in [0.25, 0.3) is 0 Å². The molecule has 0 aliphatic heterocycles. The number of rotatable bonds is 3. The van der Waals surface area contributed by atoms with Crippen LogP contribution in [0.4, 0.5) is 11.4 Å². The second-order valence-corrected chi connectivity index (χ2v) is 2.19. The minimum absolute atomic E-state index is 0. The molecule has 15 heavy (non-hydrogen) atoms. The number of amides is 1. The van der Waals surface area contributed by atoms with E-state index in [0.29, 0.717) is 23.2 Å². The van der Waals surface area contributed by atoms with Crippen LogP contribution in [0.2, 0.25) is 0 Å². The molecule has 0 heterocycles. The summed E-state index contributed by atoms with van der Waals surface area (Å²) in [5, 5.41) is 9.26. The minimum atomic E-state index is 0. The number of aliphatic hydroxyl groups is 1. The first kappa shape index (κ1) is 14.6. The summed E-state index contributed by atoms with van der Waals surface area (Å²) in [7, 11) is 1.00. The van der Waals surface area contributed by atoms with Crippen molar-refractivity contribution in [1.82, 2.24) is 0 Å². The van der Waals surface area contributed by atoms with Crippen molar-refractivity contribution in [3.63, 3.8) is 0 Å². The summed E-state index contributed by atoms with van der Waals surface area (Å²) in [4.78, 5) is 20.3. The van der Waals surface area contributed by atoms with Gasteiger partial charge in [-0.05, 0) is 11.3 Å². The number of hydrogen-bond acceptors (Lipinski definition) is 4. The molecule has 0 atom stereocenters. The van der Waals surface area contributed by atoms with Gasteiger partial charge in [0, 0.05) is 7.11 Å². The first-order valence-electron chi connectivity index (χ1n) is 3.70. The summed E-state index contributed by atoms with van der Waals surface area (Å²) in [6.07, 6.45) is 2.16. The van der Waals surface area contributed by atoms with Crippen molar-refractivity contribution < 1.29 is 14.7 Å². The van der Waals surface area contributed by atoms with Gasteiger partial charge in [-0.25, -0.2) is 0 Å². The Bertz CT molecular complexity index is 318. The number of hydrogen-bond donors (Lipinski definition) is 3. The molecule has 6 heteroatoms. The predicted octanol–water partition coefficient (Wildman–Crippen LogP) is 0.169. The molecule has 0 aliphatic rings. The summed E-state index contributed by atoms with van der Waals surface area (Å²) >= 11 is 0. The van der Waals surface area contributed by atoms with Crippen LogP contribution < -0.4 is 11.1 Å². The van der Waals surface area contributed by atoms with Crippen molar-refractivity contribution in [2.75, 3.05) is 18.2 Å². The fraction of sp³-hybridized carbons (Fsp3) is 0.111. The average Bonchev–Trinajstić information content (AvgIpc) is 2.24. The molecule has 1 aromatic rings. The molecule has 0 saturated carbocycles. The maximum atomic E-state index is 10.3. The molecule has 0 bridgehead atoms. The maximum absolute atomic E-state index is 10.3. The normalized spacial score (nSPS) is 7.60. The number of anilines is 2. The molecule has 0 fully saturated rings. The summed E-state index contributed by atoms with van der Waals surface area (Å²) in [6.45, 7) is 0. The zero-order valence-electron chi connectivity index (χ0n) is 7.94. The van der Waals surface area contributed by atoms with Gasteiger partial charge < -0.3 is 21.0 Å². The van der Waals surface area contributed by atoms with E-state index < -0.39 is 0 Å². The zero-order chi connectivity index (χ0) is 11.0. The number of benzene rings is 1.